The zero-order valence-electron chi connectivity index (χ0n) is 11.8. The number of nitrogen functional groups attached to an aromatic ring is 1. The summed E-state index contributed by atoms with van der Waals surface area (Å²) in [5.74, 6) is -0.0204. The summed E-state index contributed by atoms with van der Waals surface area (Å²) in [6.45, 7) is 2.72. The van der Waals surface area contributed by atoms with Gasteiger partial charge >= 0.3 is 0 Å². The lowest BCUT2D eigenvalue weighted by Gasteiger charge is -2.04. The SMILES string of the molecule is CCCCCCNC(=O)c1c(-c2ccc(Cl)o2)noc1N. The smallest absolute Gasteiger partial charge is 0.259 e. The van der Waals surface area contributed by atoms with E-state index < -0.39 is 0 Å². The third-order valence-corrected chi connectivity index (χ3v) is 3.27. The van der Waals surface area contributed by atoms with Crippen LogP contribution in [0, 0.1) is 0 Å². The molecule has 0 aromatic carbocycles. The Bertz CT molecular complexity index is 606. The number of furan rings is 1. The zero-order valence-corrected chi connectivity index (χ0v) is 12.6. The zero-order chi connectivity index (χ0) is 15.2. The van der Waals surface area contributed by atoms with Crippen molar-refractivity contribution >= 4 is 23.4 Å². The summed E-state index contributed by atoms with van der Waals surface area (Å²) in [6.07, 6.45) is 4.31. The molecule has 0 bridgehead atoms. The maximum absolute atomic E-state index is 12.2. The van der Waals surface area contributed by atoms with Crippen molar-refractivity contribution in [1.82, 2.24) is 10.5 Å². The number of nitrogens with one attached hydrogen (secondary N) is 1. The van der Waals surface area contributed by atoms with Crippen molar-refractivity contribution in [2.75, 3.05) is 12.3 Å². The van der Waals surface area contributed by atoms with Crippen LogP contribution in [0.5, 0.6) is 0 Å². The van der Waals surface area contributed by atoms with Gasteiger partial charge in [0.15, 0.2) is 16.7 Å². The van der Waals surface area contributed by atoms with Gasteiger partial charge in [-0.2, -0.15) is 0 Å². The molecule has 0 unspecified atom stereocenters. The fourth-order valence-electron chi connectivity index (χ4n) is 1.97. The molecule has 0 saturated carbocycles. The largest absolute Gasteiger partial charge is 0.443 e. The van der Waals surface area contributed by atoms with Gasteiger partial charge < -0.3 is 20.0 Å². The molecule has 0 radical (unpaired) electrons. The average Bonchev–Trinajstić information content (AvgIpc) is 3.04. The maximum Gasteiger partial charge on any atom is 0.259 e. The van der Waals surface area contributed by atoms with Gasteiger partial charge in [0.2, 0.25) is 5.88 Å². The normalized spacial score (nSPS) is 10.8. The van der Waals surface area contributed by atoms with E-state index in [2.05, 4.69) is 17.4 Å². The minimum absolute atomic E-state index is 0.0384. The molecule has 0 saturated heterocycles. The number of hydrogen-bond donors (Lipinski definition) is 2. The molecule has 0 aliphatic rings. The Morgan fingerprint density at radius 1 is 1.38 bits per heavy atom. The van der Waals surface area contributed by atoms with Crippen molar-refractivity contribution in [2.45, 2.75) is 32.6 Å². The Hall–Kier alpha value is -1.95. The van der Waals surface area contributed by atoms with Crippen molar-refractivity contribution in [3.63, 3.8) is 0 Å². The van der Waals surface area contributed by atoms with Crippen LogP contribution in [0.15, 0.2) is 21.1 Å². The predicted octanol–water partition coefficient (Wildman–Crippen LogP) is 3.48. The molecule has 21 heavy (non-hydrogen) atoms. The van der Waals surface area contributed by atoms with E-state index in [4.69, 9.17) is 26.3 Å². The van der Waals surface area contributed by atoms with E-state index >= 15 is 0 Å². The van der Waals surface area contributed by atoms with E-state index in [1.807, 2.05) is 0 Å². The molecule has 0 atom stereocenters. The number of rotatable bonds is 7. The number of carbonyl (C=O) groups excluding carboxylic acids is 1. The number of amides is 1. The third kappa shape index (κ3) is 3.78. The van der Waals surface area contributed by atoms with Gasteiger partial charge in [0.1, 0.15) is 5.56 Å². The number of halogens is 1. The summed E-state index contributed by atoms with van der Waals surface area (Å²) in [5, 5.41) is 6.78. The van der Waals surface area contributed by atoms with Gasteiger partial charge in [-0.15, -0.1) is 0 Å². The van der Waals surface area contributed by atoms with Crippen LogP contribution in [0.2, 0.25) is 5.22 Å². The molecule has 0 aliphatic heterocycles. The van der Waals surface area contributed by atoms with Crippen molar-refractivity contribution in [2.24, 2.45) is 0 Å². The average molecular weight is 312 g/mol. The predicted molar refractivity (Wildman–Crippen MR) is 80.1 cm³/mol. The van der Waals surface area contributed by atoms with E-state index in [9.17, 15) is 4.79 Å². The number of unbranched alkanes of at least 4 members (excludes halogenated alkanes) is 3. The van der Waals surface area contributed by atoms with Crippen molar-refractivity contribution in [3.05, 3.63) is 22.9 Å². The third-order valence-electron chi connectivity index (χ3n) is 3.07. The number of anilines is 1. The van der Waals surface area contributed by atoms with E-state index in [0.717, 1.165) is 25.7 Å². The molecule has 0 aliphatic carbocycles. The highest BCUT2D eigenvalue weighted by Gasteiger charge is 2.24. The molecule has 7 heteroatoms. The Kier molecular flexibility index (Phi) is 5.27. The Morgan fingerprint density at radius 3 is 2.86 bits per heavy atom. The number of carbonyl (C=O) groups is 1. The van der Waals surface area contributed by atoms with Gasteiger partial charge in [-0.1, -0.05) is 31.3 Å². The van der Waals surface area contributed by atoms with Gasteiger partial charge in [-0.3, -0.25) is 4.79 Å². The second kappa shape index (κ2) is 7.17. The first-order chi connectivity index (χ1) is 10.1. The van der Waals surface area contributed by atoms with Crippen LogP contribution in [0.4, 0.5) is 5.88 Å². The summed E-state index contributed by atoms with van der Waals surface area (Å²) in [4.78, 5) is 12.2. The molecular weight excluding hydrogens is 294 g/mol. The fourth-order valence-corrected chi connectivity index (χ4v) is 2.12. The Morgan fingerprint density at radius 2 is 2.19 bits per heavy atom. The van der Waals surface area contributed by atoms with Crippen LogP contribution in [0.1, 0.15) is 43.0 Å². The summed E-state index contributed by atoms with van der Waals surface area (Å²) < 4.78 is 10.1. The molecule has 2 rings (SSSR count). The highest BCUT2D eigenvalue weighted by Crippen LogP contribution is 2.29. The molecule has 114 valence electrons. The number of aromatic nitrogens is 1. The van der Waals surface area contributed by atoms with Gasteiger partial charge in [0.05, 0.1) is 0 Å². The summed E-state index contributed by atoms with van der Waals surface area (Å²) >= 11 is 5.72. The lowest BCUT2D eigenvalue weighted by Crippen LogP contribution is -2.25. The summed E-state index contributed by atoms with van der Waals surface area (Å²) in [7, 11) is 0. The molecule has 6 nitrogen and oxygen atoms in total. The topological polar surface area (TPSA) is 94.3 Å². The van der Waals surface area contributed by atoms with E-state index in [-0.39, 0.29) is 28.3 Å². The standard InChI is InChI=1S/C14H18ClN3O3/c1-2-3-4-5-8-17-14(19)11-12(18-21-13(11)16)9-6-7-10(15)20-9/h6-7H,2-5,8,16H2,1H3,(H,17,19). The molecule has 0 fully saturated rings. The van der Waals surface area contributed by atoms with Crippen molar-refractivity contribution in [1.29, 1.82) is 0 Å². The van der Waals surface area contributed by atoms with Crippen molar-refractivity contribution in [3.8, 4) is 11.5 Å². The molecule has 2 heterocycles. The van der Waals surface area contributed by atoms with Crippen LogP contribution in [-0.4, -0.2) is 17.6 Å². The van der Waals surface area contributed by atoms with Crippen LogP contribution >= 0.6 is 11.6 Å². The minimum Gasteiger partial charge on any atom is -0.443 e. The second-order valence-corrected chi connectivity index (χ2v) is 5.06. The molecular formula is C14H18ClN3O3. The van der Waals surface area contributed by atoms with Crippen LogP contribution in [0.25, 0.3) is 11.5 Å². The monoisotopic (exact) mass is 311 g/mol. The van der Waals surface area contributed by atoms with Crippen LogP contribution in [-0.2, 0) is 0 Å². The number of nitrogens with zero attached hydrogens (tertiary/aromatic N) is 1. The van der Waals surface area contributed by atoms with Gasteiger partial charge in [-0.25, -0.2) is 0 Å². The molecule has 2 aromatic rings. The highest BCUT2D eigenvalue weighted by molar-refractivity contribution is 6.29. The first-order valence-electron chi connectivity index (χ1n) is 6.92. The first kappa shape index (κ1) is 15.4. The second-order valence-electron chi connectivity index (χ2n) is 4.69. The Balaban J connectivity index is 2.05. The quantitative estimate of drug-likeness (QED) is 0.763. The van der Waals surface area contributed by atoms with E-state index in [1.54, 1.807) is 12.1 Å². The lowest BCUT2D eigenvalue weighted by atomic mass is 10.1. The molecule has 3 N–H and O–H groups in total. The lowest BCUT2D eigenvalue weighted by molar-refractivity contribution is 0.0954. The minimum atomic E-state index is -0.326. The summed E-state index contributed by atoms with van der Waals surface area (Å²) in [5.41, 5.74) is 6.11. The highest BCUT2D eigenvalue weighted by atomic mass is 35.5. The van der Waals surface area contributed by atoms with Crippen LogP contribution in [0.3, 0.4) is 0 Å². The first-order valence-corrected chi connectivity index (χ1v) is 7.30. The van der Waals surface area contributed by atoms with E-state index in [1.165, 1.54) is 0 Å². The fraction of sp³-hybridized carbons (Fsp3) is 0.429. The maximum atomic E-state index is 12.2. The van der Waals surface area contributed by atoms with E-state index in [0.29, 0.717) is 12.3 Å². The molecule has 2 aromatic heterocycles. The van der Waals surface area contributed by atoms with Gasteiger partial charge in [-0.05, 0) is 30.2 Å². The molecule has 0 spiro atoms. The van der Waals surface area contributed by atoms with Crippen LogP contribution < -0.4 is 11.1 Å². The molecule has 1 amide bonds. The Labute approximate surface area is 127 Å². The van der Waals surface area contributed by atoms with Gasteiger partial charge in [0.25, 0.3) is 5.91 Å². The van der Waals surface area contributed by atoms with Crippen molar-refractivity contribution < 1.29 is 13.7 Å². The van der Waals surface area contributed by atoms with Gasteiger partial charge in [0, 0.05) is 6.54 Å². The number of hydrogen-bond acceptors (Lipinski definition) is 5. The summed E-state index contributed by atoms with van der Waals surface area (Å²) in [6, 6.07) is 3.17. The number of nitrogens with two attached hydrogens (primary N) is 1.